The number of ketones is 1. The van der Waals surface area contributed by atoms with Crippen LogP contribution in [0.25, 0.3) is 33.1 Å². The highest BCUT2D eigenvalue weighted by Crippen LogP contribution is 2.34. The molecule has 5 nitrogen and oxygen atoms in total. The Morgan fingerprint density at radius 1 is 0.919 bits per heavy atom. The Morgan fingerprint density at radius 2 is 1.62 bits per heavy atom. The lowest BCUT2D eigenvalue weighted by atomic mass is 9.84. The van der Waals surface area contributed by atoms with Crippen molar-refractivity contribution in [2.75, 3.05) is 6.61 Å². The minimum Gasteiger partial charge on any atom is -0.454 e. The molecule has 37 heavy (non-hydrogen) atoms. The van der Waals surface area contributed by atoms with Crippen LogP contribution in [0.1, 0.15) is 45.3 Å². The fourth-order valence-electron chi connectivity index (χ4n) is 5.68. The minimum absolute atomic E-state index is 0.218. The van der Waals surface area contributed by atoms with Crippen LogP contribution in [0.2, 0.25) is 0 Å². The van der Waals surface area contributed by atoms with Crippen molar-refractivity contribution >= 4 is 33.6 Å². The second-order valence-corrected chi connectivity index (χ2v) is 9.94. The number of aryl methyl sites for hydroxylation is 2. The molecule has 184 valence electrons. The van der Waals surface area contributed by atoms with Crippen LogP contribution >= 0.6 is 0 Å². The normalized spacial score (nSPS) is 15.0. The molecule has 0 saturated carbocycles. The summed E-state index contributed by atoms with van der Waals surface area (Å²) in [5.74, 6) is -0.212. The van der Waals surface area contributed by atoms with E-state index >= 15 is 0 Å². The maximum absolute atomic E-state index is 13.7. The largest absolute Gasteiger partial charge is 0.454 e. The lowest BCUT2D eigenvalue weighted by molar-refractivity contribution is 0.0475. The number of fused-ring (bicyclic) bond motifs is 3. The van der Waals surface area contributed by atoms with Gasteiger partial charge < -0.3 is 9.30 Å². The first-order valence-corrected chi connectivity index (χ1v) is 12.8. The molecule has 2 aromatic heterocycles. The smallest absolute Gasteiger partial charge is 0.339 e. The lowest BCUT2D eigenvalue weighted by Gasteiger charge is -2.24. The van der Waals surface area contributed by atoms with Crippen LogP contribution in [0.4, 0.5) is 0 Å². The highest BCUT2D eigenvalue weighted by atomic mass is 16.5. The molecule has 1 atom stereocenters. The van der Waals surface area contributed by atoms with E-state index in [0.717, 1.165) is 63.6 Å². The number of Topliss-reactive ketones (excluding diaryl/α,β-unsaturated/α-hetero) is 1. The summed E-state index contributed by atoms with van der Waals surface area (Å²) in [6, 6.07) is 25.4. The minimum atomic E-state index is -0.459. The molecule has 0 bridgehead atoms. The van der Waals surface area contributed by atoms with E-state index in [4.69, 9.17) is 9.72 Å². The Labute approximate surface area is 215 Å². The molecule has 0 saturated heterocycles. The number of carbonyl (C=O) groups is 2. The summed E-state index contributed by atoms with van der Waals surface area (Å²) in [4.78, 5) is 32.1. The van der Waals surface area contributed by atoms with E-state index in [1.165, 1.54) is 0 Å². The summed E-state index contributed by atoms with van der Waals surface area (Å²) in [7, 11) is 1.96. The van der Waals surface area contributed by atoms with Crippen molar-refractivity contribution in [1.82, 2.24) is 9.55 Å². The van der Waals surface area contributed by atoms with Crippen molar-refractivity contribution < 1.29 is 14.3 Å². The van der Waals surface area contributed by atoms with Crippen LogP contribution in [0.5, 0.6) is 0 Å². The molecule has 0 aliphatic heterocycles. The molecule has 0 spiro atoms. The van der Waals surface area contributed by atoms with Gasteiger partial charge in [0.15, 0.2) is 6.61 Å². The molecule has 0 unspecified atom stereocenters. The van der Waals surface area contributed by atoms with Crippen molar-refractivity contribution in [3.05, 3.63) is 101 Å². The Bertz CT molecular complexity index is 1670. The Hall–Kier alpha value is -4.25. The van der Waals surface area contributed by atoms with E-state index in [9.17, 15) is 9.59 Å². The summed E-state index contributed by atoms with van der Waals surface area (Å²) < 4.78 is 7.81. The highest BCUT2D eigenvalue weighted by molar-refractivity contribution is 6.15. The number of hydrogen-bond acceptors (Lipinski definition) is 4. The van der Waals surface area contributed by atoms with Gasteiger partial charge in [-0.3, -0.25) is 9.78 Å². The van der Waals surface area contributed by atoms with E-state index in [2.05, 4.69) is 6.92 Å². The van der Waals surface area contributed by atoms with E-state index in [1.54, 1.807) is 0 Å². The molecule has 5 aromatic rings. The third-order valence-corrected chi connectivity index (χ3v) is 7.48. The summed E-state index contributed by atoms with van der Waals surface area (Å²) in [5.41, 5.74) is 6.57. The zero-order valence-corrected chi connectivity index (χ0v) is 21.0. The van der Waals surface area contributed by atoms with Crippen LogP contribution < -0.4 is 0 Å². The predicted molar refractivity (Wildman–Crippen MR) is 146 cm³/mol. The predicted octanol–water partition coefficient (Wildman–Crippen LogP) is 6.56. The molecule has 3 aromatic carbocycles. The quantitative estimate of drug-likeness (QED) is 0.208. The lowest BCUT2D eigenvalue weighted by Crippen LogP contribution is -2.21. The van der Waals surface area contributed by atoms with Gasteiger partial charge in [0, 0.05) is 29.0 Å². The van der Waals surface area contributed by atoms with Gasteiger partial charge in [-0.15, -0.1) is 0 Å². The summed E-state index contributed by atoms with van der Waals surface area (Å²) in [6.07, 6.45) is 2.68. The molecule has 1 aliphatic rings. The molecular formula is C32H28N2O3. The first-order valence-electron chi connectivity index (χ1n) is 12.8. The average molecular weight is 489 g/mol. The Balaban J connectivity index is 1.38. The topological polar surface area (TPSA) is 61.2 Å². The third kappa shape index (κ3) is 4.01. The van der Waals surface area contributed by atoms with Crippen molar-refractivity contribution in [3.8, 4) is 11.3 Å². The number of ether oxygens (including phenoxy) is 1. The van der Waals surface area contributed by atoms with Gasteiger partial charge in [0.2, 0.25) is 5.78 Å². The van der Waals surface area contributed by atoms with Gasteiger partial charge in [-0.1, -0.05) is 73.7 Å². The summed E-state index contributed by atoms with van der Waals surface area (Å²) in [6.45, 7) is 1.87. The molecule has 0 amide bonds. The SMILES string of the molecule is C[C@@H]1CCc2nc3ccccc3c(C(=O)OCC(=O)c3c(-c4ccccc4)n(C)c4ccccc34)c2C1. The average Bonchev–Trinajstić information content (AvgIpc) is 3.23. The first-order chi connectivity index (χ1) is 18.0. The van der Waals surface area contributed by atoms with Gasteiger partial charge in [-0.2, -0.15) is 0 Å². The summed E-state index contributed by atoms with van der Waals surface area (Å²) in [5, 5.41) is 1.63. The maximum atomic E-state index is 13.7. The maximum Gasteiger partial charge on any atom is 0.339 e. The van der Waals surface area contributed by atoms with Crippen LogP contribution in [0.3, 0.4) is 0 Å². The fourth-order valence-corrected chi connectivity index (χ4v) is 5.68. The Morgan fingerprint density at radius 3 is 2.43 bits per heavy atom. The van der Waals surface area contributed by atoms with Crippen molar-refractivity contribution in [2.45, 2.75) is 26.2 Å². The molecule has 0 fully saturated rings. The van der Waals surface area contributed by atoms with Gasteiger partial charge in [-0.05, 0) is 48.4 Å². The van der Waals surface area contributed by atoms with E-state index in [0.29, 0.717) is 17.0 Å². The second-order valence-electron chi connectivity index (χ2n) is 9.94. The molecule has 2 heterocycles. The first kappa shape index (κ1) is 23.2. The van der Waals surface area contributed by atoms with Crippen LogP contribution in [-0.2, 0) is 24.6 Å². The van der Waals surface area contributed by atoms with Crippen molar-refractivity contribution in [3.63, 3.8) is 0 Å². The number of aromatic nitrogens is 2. The van der Waals surface area contributed by atoms with Crippen LogP contribution in [0, 0.1) is 5.92 Å². The number of nitrogens with zero attached hydrogens (tertiary/aromatic N) is 2. The molecule has 5 heteroatoms. The molecule has 1 aliphatic carbocycles. The monoisotopic (exact) mass is 488 g/mol. The Kier molecular flexibility index (Phi) is 5.84. The number of pyridine rings is 1. The molecular weight excluding hydrogens is 460 g/mol. The van der Waals surface area contributed by atoms with E-state index in [-0.39, 0.29) is 12.4 Å². The number of esters is 1. The van der Waals surface area contributed by atoms with Gasteiger partial charge >= 0.3 is 5.97 Å². The number of benzene rings is 3. The van der Waals surface area contributed by atoms with E-state index in [1.807, 2.05) is 90.5 Å². The second kappa shape index (κ2) is 9.32. The highest BCUT2D eigenvalue weighted by Gasteiger charge is 2.28. The standard InChI is InChI=1S/C32H28N2O3/c1-20-16-17-26-24(18-20)29(22-12-6-8-14-25(22)33-26)32(36)37-19-28(35)30-23-13-7-9-15-27(23)34(2)31(30)21-10-4-3-5-11-21/h3-15,20H,16-19H2,1-2H3/t20-/m1/s1. The zero-order valence-electron chi connectivity index (χ0n) is 21.0. The molecule has 0 N–H and O–H groups in total. The number of hydrogen-bond donors (Lipinski definition) is 0. The third-order valence-electron chi connectivity index (χ3n) is 7.48. The number of para-hydroxylation sites is 2. The van der Waals surface area contributed by atoms with Gasteiger partial charge in [0.1, 0.15) is 0 Å². The zero-order chi connectivity index (χ0) is 25.5. The number of rotatable bonds is 5. The molecule has 0 radical (unpaired) electrons. The number of carbonyl (C=O) groups excluding carboxylic acids is 2. The van der Waals surface area contributed by atoms with Gasteiger partial charge in [0.25, 0.3) is 0 Å². The van der Waals surface area contributed by atoms with Crippen molar-refractivity contribution in [1.29, 1.82) is 0 Å². The van der Waals surface area contributed by atoms with Gasteiger partial charge in [0.05, 0.1) is 22.3 Å². The summed E-state index contributed by atoms with van der Waals surface area (Å²) >= 11 is 0. The van der Waals surface area contributed by atoms with E-state index < -0.39 is 5.97 Å². The van der Waals surface area contributed by atoms with Crippen molar-refractivity contribution in [2.24, 2.45) is 13.0 Å². The van der Waals surface area contributed by atoms with Crippen LogP contribution in [0.15, 0.2) is 78.9 Å². The molecule has 6 rings (SSSR count). The van der Waals surface area contributed by atoms with Gasteiger partial charge in [-0.25, -0.2) is 4.79 Å². The van der Waals surface area contributed by atoms with Crippen LogP contribution in [-0.4, -0.2) is 27.9 Å². The fraction of sp³-hybridized carbons (Fsp3) is 0.219.